The first-order valence-electron chi connectivity index (χ1n) is 12.1. The number of carboxylic acid groups (broad SMARTS) is 1. The van der Waals surface area contributed by atoms with Gasteiger partial charge in [-0.1, -0.05) is 12.1 Å². The predicted molar refractivity (Wildman–Crippen MR) is 168 cm³/mol. The van der Waals surface area contributed by atoms with Crippen LogP contribution < -0.4 is 14.5 Å². The molecule has 0 spiro atoms. The molecule has 3 aromatic carbocycles. The van der Waals surface area contributed by atoms with E-state index in [0.29, 0.717) is 29.8 Å². The molecule has 0 saturated carbocycles. The van der Waals surface area contributed by atoms with Gasteiger partial charge in [0.2, 0.25) is 0 Å². The summed E-state index contributed by atoms with van der Waals surface area (Å²) in [7, 11) is -3.99. The van der Waals surface area contributed by atoms with Crippen LogP contribution in [0.1, 0.15) is 21.5 Å². The number of hydrogen-bond donors (Lipinski definition) is 2. The van der Waals surface area contributed by atoms with Gasteiger partial charge >= 0.3 is 5.97 Å². The van der Waals surface area contributed by atoms with Gasteiger partial charge in [0.15, 0.2) is 0 Å². The van der Waals surface area contributed by atoms with Crippen molar-refractivity contribution < 1.29 is 22.7 Å². The summed E-state index contributed by atoms with van der Waals surface area (Å²) >= 11 is 0. The van der Waals surface area contributed by atoms with E-state index in [1.54, 1.807) is 6.07 Å². The second-order valence-corrected chi connectivity index (χ2v) is 11.1. The fourth-order valence-electron chi connectivity index (χ4n) is 4.68. The van der Waals surface area contributed by atoms with E-state index in [1.165, 1.54) is 35.0 Å². The number of nitrogens with zero attached hydrogens (tertiary/aromatic N) is 3. The predicted octanol–water partition coefficient (Wildman–Crippen LogP) is 6.08. The van der Waals surface area contributed by atoms with Crippen LogP contribution in [0, 0.1) is 19.7 Å². The largest absolute Gasteiger partial charge is 0.478 e. The maximum atomic E-state index is 13.2. The lowest BCUT2D eigenvalue weighted by Gasteiger charge is -2.37. The van der Waals surface area contributed by atoms with E-state index in [2.05, 4.69) is 46.6 Å². The van der Waals surface area contributed by atoms with Crippen LogP contribution in [-0.4, -0.2) is 50.7 Å². The number of carboxylic acids is 1. The number of benzene rings is 3. The Kier molecular flexibility index (Phi) is 11.2. The molecule has 1 saturated heterocycles. The molecule has 1 aromatic heterocycles. The molecule has 1 aliphatic rings. The van der Waals surface area contributed by atoms with Crippen LogP contribution in [0.3, 0.4) is 0 Å². The van der Waals surface area contributed by atoms with Crippen molar-refractivity contribution in [1.29, 1.82) is 0 Å². The number of fused-ring (bicyclic) bond motifs is 1. The summed E-state index contributed by atoms with van der Waals surface area (Å²) in [5, 5.41) is 10.3. The van der Waals surface area contributed by atoms with Gasteiger partial charge in [0.25, 0.3) is 10.0 Å². The van der Waals surface area contributed by atoms with Crippen molar-refractivity contribution >= 4 is 81.3 Å². The average molecular weight is 644 g/mol. The highest BCUT2D eigenvalue weighted by atomic mass is 35.5. The number of rotatable bonds is 6. The van der Waals surface area contributed by atoms with E-state index in [9.17, 15) is 22.7 Å². The first-order chi connectivity index (χ1) is 18.1. The number of piperazine rings is 1. The van der Waals surface area contributed by atoms with Crippen molar-refractivity contribution in [1.82, 2.24) is 4.98 Å². The number of pyridine rings is 1. The Morgan fingerprint density at radius 2 is 1.51 bits per heavy atom. The third-order valence-corrected chi connectivity index (χ3v) is 8.11. The molecule has 0 bridgehead atoms. The Hall–Kier alpha value is -3.31. The maximum Gasteiger partial charge on any atom is 0.336 e. The minimum Gasteiger partial charge on any atom is -0.478 e. The van der Waals surface area contributed by atoms with E-state index in [1.807, 2.05) is 0 Å². The molecule has 41 heavy (non-hydrogen) atoms. The summed E-state index contributed by atoms with van der Waals surface area (Å²) < 4.78 is 41.1. The molecule has 1 fully saturated rings. The van der Waals surface area contributed by atoms with Gasteiger partial charge in [0.05, 0.1) is 16.0 Å². The van der Waals surface area contributed by atoms with Gasteiger partial charge < -0.3 is 14.9 Å². The molecule has 1 aliphatic heterocycles. The molecule has 220 valence electrons. The molecule has 2 heterocycles. The Morgan fingerprint density at radius 3 is 2.15 bits per heavy atom. The Bertz CT molecular complexity index is 1650. The second-order valence-electron chi connectivity index (χ2n) is 9.39. The highest BCUT2D eigenvalue weighted by molar-refractivity contribution is 7.92. The summed E-state index contributed by atoms with van der Waals surface area (Å²) in [5.41, 5.74) is 4.28. The SMILES string of the molecule is Cc1ccc(C)c(N2CCN(c3cc(C(=O)O)c4cc(NS(=O)(=O)c5ccc(F)cc5)ccc4n3)CC2)c1.Cl.Cl.Cl. The Labute approximate surface area is 256 Å². The standard InChI is InChI=1S/C28H27FN4O4S.3ClH/c1-18-3-4-19(2)26(15-18)32-11-13-33(14-12-32)27-17-24(28(34)35)23-16-21(7-10-25(23)30-27)31-38(36,37)22-8-5-20(29)6-9-22;;;/h3-10,15-17,31H,11-14H2,1-2H3,(H,34,35);3*1H. The van der Waals surface area contributed by atoms with Gasteiger partial charge in [-0.25, -0.2) is 22.6 Å². The topological polar surface area (TPSA) is 103 Å². The lowest BCUT2D eigenvalue weighted by molar-refractivity contribution is 0.0699. The van der Waals surface area contributed by atoms with E-state index >= 15 is 0 Å². The normalized spacial score (nSPS) is 13.0. The van der Waals surface area contributed by atoms with Gasteiger partial charge in [-0.2, -0.15) is 0 Å². The molecular weight excluding hydrogens is 614 g/mol. The quantitative estimate of drug-likeness (QED) is 0.263. The van der Waals surface area contributed by atoms with Crippen LogP contribution in [0.4, 0.5) is 21.6 Å². The van der Waals surface area contributed by atoms with Crippen LogP contribution in [-0.2, 0) is 10.0 Å². The molecule has 8 nitrogen and oxygen atoms in total. The molecule has 0 atom stereocenters. The number of nitrogens with one attached hydrogen (secondary N) is 1. The Morgan fingerprint density at radius 1 is 0.878 bits per heavy atom. The number of aryl methyl sites for hydroxylation is 2. The number of carbonyl (C=O) groups is 1. The van der Waals surface area contributed by atoms with Crippen LogP contribution in [0.25, 0.3) is 10.9 Å². The van der Waals surface area contributed by atoms with Gasteiger partial charge in [0.1, 0.15) is 11.6 Å². The first kappa shape index (κ1) is 33.9. The molecule has 5 rings (SSSR count). The zero-order valence-electron chi connectivity index (χ0n) is 22.2. The zero-order valence-corrected chi connectivity index (χ0v) is 25.5. The summed E-state index contributed by atoms with van der Waals surface area (Å²) in [6.45, 7) is 7.08. The average Bonchev–Trinajstić information content (AvgIpc) is 2.89. The van der Waals surface area contributed by atoms with Crippen molar-refractivity contribution in [2.45, 2.75) is 18.7 Å². The molecule has 13 heteroatoms. The second kappa shape index (κ2) is 13.6. The third kappa shape index (κ3) is 7.32. The number of aromatic nitrogens is 1. The van der Waals surface area contributed by atoms with Crippen LogP contribution in [0.2, 0.25) is 0 Å². The summed E-state index contributed by atoms with van der Waals surface area (Å²) in [6.07, 6.45) is 0. The monoisotopic (exact) mass is 642 g/mol. The van der Waals surface area contributed by atoms with Crippen LogP contribution >= 0.6 is 37.2 Å². The highest BCUT2D eigenvalue weighted by Crippen LogP contribution is 2.29. The summed E-state index contributed by atoms with van der Waals surface area (Å²) in [6, 6.07) is 17.0. The van der Waals surface area contributed by atoms with Crippen LogP contribution in [0.15, 0.2) is 71.6 Å². The van der Waals surface area contributed by atoms with Crippen molar-refractivity contribution in [3.8, 4) is 0 Å². The van der Waals surface area contributed by atoms with Crippen molar-refractivity contribution in [3.63, 3.8) is 0 Å². The van der Waals surface area contributed by atoms with E-state index in [4.69, 9.17) is 4.98 Å². The lowest BCUT2D eigenvalue weighted by Crippen LogP contribution is -2.47. The molecule has 0 amide bonds. The first-order valence-corrected chi connectivity index (χ1v) is 13.6. The number of aromatic carboxylic acids is 1. The molecule has 0 radical (unpaired) electrons. The Balaban J connectivity index is 0.00000196. The minimum atomic E-state index is -3.99. The van der Waals surface area contributed by atoms with Crippen LogP contribution in [0.5, 0.6) is 0 Å². The molecular formula is C28H30Cl3FN4O4S. The summed E-state index contributed by atoms with van der Waals surface area (Å²) in [5.74, 6) is -1.12. The van der Waals surface area contributed by atoms with Gasteiger partial charge in [-0.3, -0.25) is 4.72 Å². The molecule has 4 aromatic rings. The van der Waals surface area contributed by atoms with E-state index in [-0.39, 0.29) is 53.4 Å². The molecule has 0 unspecified atom stereocenters. The number of halogens is 4. The van der Waals surface area contributed by atoms with Gasteiger partial charge in [-0.05, 0) is 79.6 Å². The van der Waals surface area contributed by atoms with Crippen molar-refractivity contribution in [2.75, 3.05) is 40.7 Å². The molecule has 2 N–H and O–H groups in total. The fourth-order valence-corrected chi connectivity index (χ4v) is 5.73. The number of hydrogen-bond acceptors (Lipinski definition) is 6. The smallest absolute Gasteiger partial charge is 0.336 e. The highest BCUT2D eigenvalue weighted by Gasteiger charge is 2.23. The molecule has 0 aliphatic carbocycles. The van der Waals surface area contributed by atoms with Crippen molar-refractivity contribution in [2.24, 2.45) is 0 Å². The fraction of sp³-hybridized carbons (Fsp3) is 0.214. The minimum absolute atomic E-state index is 0. The third-order valence-electron chi connectivity index (χ3n) is 6.71. The van der Waals surface area contributed by atoms with Gasteiger partial charge in [0, 0.05) is 42.9 Å². The van der Waals surface area contributed by atoms with Crippen molar-refractivity contribution in [3.05, 3.63) is 89.2 Å². The maximum absolute atomic E-state index is 13.2. The zero-order chi connectivity index (χ0) is 27.0. The van der Waals surface area contributed by atoms with E-state index in [0.717, 1.165) is 37.4 Å². The number of sulfonamides is 1. The van der Waals surface area contributed by atoms with Gasteiger partial charge in [-0.15, -0.1) is 37.2 Å². The lowest BCUT2D eigenvalue weighted by atomic mass is 10.1. The number of anilines is 3. The van der Waals surface area contributed by atoms with E-state index < -0.39 is 21.8 Å². The summed E-state index contributed by atoms with van der Waals surface area (Å²) in [4.78, 5) is 21.2.